The Balaban J connectivity index is 1.17. The van der Waals surface area contributed by atoms with Gasteiger partial charge >= 0.3 is 0 Å². The lowest BCUT2D eigenvalue weighted by Crippen LogP contribution is -2.32. The number of allylic oxidation sites excluding steroid dienone is 1. The zero-order chi connectivity index (χ0) is 34.3. The highest BCUT2D eigenvalue weighted by atomic mass is 16.5. The molecule has 250 valence electrons. The van der Waals surface area contributed by atoms with Gasteiger partial charge in [0.2, 0.25) is 11.8 Å². The number of oxazole rings is 1. The summed E-state index contributed by atoms with van der Waals surface area (Å²) in [6.45, 7) is 2.59. The largest absolute Gasteiger partial charge is 0.493 e. The summed E-state index contributed by atoms with van der Waals surface area (Å²) in [5.41, 5.74) is 3.82. The Morgan fingerprint density at radius 2 is 1.62 bits per heavy atom. The van der Waals surface area contributed by atoms with E-state index in [1.165, 1.54) is 0 Å². The molecule has 0 radical (unpaired) electrons. The highest BCUT2D eigenvalue weighted by Crippen LogP contribution is 2.47. The Hall–Kier alpha value is -5.93. The second kappa shape index (κ2) is 14.7. The first kappa shape index (κ1) is 32.6. The van der Waals surface area contributed by atoms with E-state index in [-0.39, 0.29) is 18.3 Å². The molecule has 2 unspecified atom stereocenters. The number of aliphatic imine (C=N–C) groups is 1. The number of rotatable bonds is 14. The topological polar surface area (TPSA) is 113 Å². The van der Waals surface area contributed by atoms with Crippen molar-refractivity contribution < 1.29 is 23.2 Å². The molecule has 3 heterocycles. The van der Waals surface area contributed by atoms with Crippen molar-refractivity contribution in [3.8, 4) is 17.2 Å². The number of benzene rings is 4. The summed E-state index contributed by atoms with van der Waals surface area (Å²) >= 11 is 0. The zero-order valence-corrected chi connectivity index (χ0v) is 27.9. The minimum atomic E-state index is -0.930. The monoisotopic (exact) mass is 664 g/mol. The highest BCUT2D eigenvalue weighted by molar-refractivity contribution is 6.10. The third-order valence-electron chi connectivity index (χ3n) is 8.86. The minimum Gasteiger partial charge on any atom is -0.493 e. The van der Waals surface area contributed by atoms with Crippen LogP contribution in [0, 0.1) is 6.92 Å². The summed E-state index contributed by atoms with van der Waals surface area (Å²) in [5, 5.41) is 4.10. The van der Waals surface area contributed by atoms with Crippen LogP contribution in [-0.2, 0) is 29.7 Å². The number of hydrogen-bond donors (Lipinski definition) is 0. The van der Waals surface area contributed by atoms with Crippen LogP contribution in [0.4, 0.5) is 0 Å². The number of aromatic nitrogens is 3. The molecule has 0 bridgehead atoms. The van der Waals surface area contributed by atoms with Crippen molar-refractivity contribution in [3.05, 3.63) is 167 Å². The first-order valence-corrected chi connectivity index (χ1v) is 16.5. The van der Waals surface area contributed by atoms with Crippen molar-refractivity contribution in [3.63, 3.8) is 0 Å². The van der Waals surface area contributed by atoms with Crippen molar-refractivity contribution in [2.75, 3.05) is 13.7 Å². The normalized spacial score (nSPS) is 15.7. The van der Waals surface area contributed by atoms with Crippen molar-refractivity contribution in [2.24, 2.45) is 4.99 Å². The van der Waals surface area contributed by atoms with Gasteiger partial charge in [-0.3, -0.25) is 9.79 Å². The van der Waals surface area contributed by atoms with E-state index in [9.17, 15) is 4.79 Å². The van der Waals surface area contributed by atoms with E-state index in [2.05, 4.69) is 16.2 Å². The van der Waals surface area contributed by atoms with Crippen LogP contribution in [0.15, 0.2) is 135 Å². The molecule has 0 saturated heterocycles. The molecule has 7 rings (SSSR count). The zero-order valence-electron chi connectivity index (χ0n) is 27.9. The SMILES string of the molecule is COCc1noc(CC(c2ccc(OCCc3nc(-c4ccccc4)oc3C)cc2)C2(c3ccccc3C(=O)c3ccccc3)C=CC=N2)n1. The molecular formula is C41H36N4O5. The molecule has 50 heavy (non-hydrogen) atoms. The molecule has 2 aromatic heterocycles. The summed E-state index contributed by atoms with van der Waals surface area (Å²) in [7, 11) is 1.59. The number of carbonyl (C=O) groups excluding carboxylic acids is 1. The number of hydrogen-bond acceptors (Lipinski definition) is 9. The fourth-order valence-corrected chi connectivity index (χ4v) is 6.42. The standard InChI is InChI=1S/C41H36N4O5/c1-28-36(43-40(49-28)31-14-7-4-8-15-31)22-25-48-32-20-18-29(19-21-32)35(26-38-44-37(27-47-2)45-50-38)41(23-11-24-42-41)34-17-10-9-16-33(34)39(46)30-12-5-3-6-13-30/h3-21,23-24,35H,22,25-27H2,1-2H3. The second-order valence-electron chi connectivity index (χ2n) is 12.1. The van der Waals surface area contributed by atoms with Gasteiger partial charge in [0.1, 0.15) is 23.7 Å². The van der Waals surface area contributed by atoms with E-state index in [1.807, 2.05) is 122 Å². The predicted octanol–water partition coefficient (Wildman–Crippen LogP) is 7.89. The lowest BCUT2D eigenvalue weighted by atomic mass is 9.71. The first-order valence-electron chi connectivity index (χ1n) is 16.5. The summed E-state index contributed by atoms with van der Waals surface area (Å²) in [6, 6.07) is 34.8. The lowest BCUT2D eigenvalue weighted by molar-refractivity contribution is 0.103. The number of carbonyl (C=O) groups is 1. The van der Waals surface area contributed by atoms with Crippen LogP contribution >= 0.6 is 0 Å². The van der Waals surface area contributed by atoms with Crippen LogP contribution in [0.25, 0.3) is 11.5 Å². The molecule has 2 atom stereocenters. The maximum Gasteiger partial charge on any atom is 0.227 e. The molecule has 1 aliphatic heterocycles. The Labute approximate surface area is 290 Å². The van der Waals surface area contributed by atoms with Crippen molar-refractivity contribution in [1.82, 2.24) is 15.1 Å². The number of aryl methyl sites for hydroxylation is 1. The van der Waals surface area contributed by atoms with E-state index in [4.69, 9.17) is 28.4 Å². The predicted molar refractivity (Wildman–Crippen MR) is 189 cm³/mol. The van der Waals surface area contributed by atoms with Crippen molar-refractivity contribution in [1.29, 1.82) is 0 Å². The number of nitrogens with zero attached hydrogens (tertiary/aromatic N) is 4. The number of ketones is 1. The minimum absolute atomic E-state index is 0.0722. The molecular weight excluding hydrogens is 628 g/mol. The third-order valence-corrected chi connectivity index (χ3v) is 8.86. The van der Waals surface area contributed by atoms with Gasteiger partial charge in [-0.1, -0.05) is 96.2 Å². The van der Waals surface area contributed by atoms with Gasteiger partial charge in [-0.2, -0.15) is 4.98 Å². The average molecular weight is 665 g/mol. The van der Waals surface area contributed by atoms with Crippen LogP contribution in [0.3, 0.4) is 0 Å². The smallest absolute Gasteiger partial charge is 0.227 e. The first-order chi connectivity index (χ1) is 24.5. The molecule has 0 spiro atoms. The fraction of sp³-hybridized carbons (Fsp3) is 0.195. The van der Waals surface area contributed by atoms with Gasteiger partial charge in [0.05, 0.1) is 12.3 Å². The van der Waals surface area contributed by atoms with E-state index >= 15 is 0 Å². The number of methoxy groups -OCH3 is 1. The van der Waals surface area contributed by atoms with E-state index in [0.29, 0.717) is 48.2 Å². The van der Waals surface area contributed by atoms with Crippen LogP contribution in [0.5, 0.6) is 5.75 Å². The molecule has 0 amide bonds. The summed E-state index contributed by atoms with van der Waals surface area (Å²) < 4.78 is 23.0. The Kier molecular flexibility index (Phi) is 9.57. The van der Waals surface area contributed by atoms with Gasteiger partial charge in [-0.25, -0.2) is 4.98 Å². The molecule has 6 aromatic rings. The molecule has 0 saturated carbocycles. The van der Waals surface area contributed by atoms with Crippen LogP contribution in [-0.4, -0.2) is 40.8 Å². The maximum absolute atomic E-state index is 13.9. The fourth-order valence-electron chi connectivity index (χ4n) is 6.42. The summed E-state index contributed by atoms with van der Waals surface area (Å²) in [5.74, 6) is 2.62. The second-order valence-corrected chi connectivity index (χ2v) is 12.1. The Morgan fingerprint density at radius 3 is 2.36 bits per heavy atom. The van der Waals surface area contributed by atoms with Crippen molar-refractivity contribution in [2.45, 2.75) is 37.8 Å². The quantitative estimate of drug-likeness (QED) is 0.108. The highest BCUT2D eigenvalue weighted by Gasteiger charge is 2.43. The number of ether oxygens (including phenoxy) is 2. The molecule has 0 N–H and O–H groups in total. The molecule has 1 aliphatic rings. The molecule has 9 heteroatoms. The van der Waals surface area contributed by atoms with Gasteiger partial charge < -0.3 is 18.4 Å². The molecule has 9 nitrogen and oxygen atoms in total. The van der Waals surface area contributed by atoms with Gasteiger partial charge in [-0.05, 0) is 48.4 Å². The third kappa shape index (κ3) is 6.81. The van der Waals surface area contributed by atoms with Gasteiger partial charge in [0.15, 0.2) is 11.6 Å². The Bertz CT molecular complexity index is 2110. The van der Waals surface area contributed by atoms with Crippen LogP contribution < -0.4 is 4.74 Å². The molecule has 4 aromatic carbocycles. The van der Waals surface area contributed by atoms with E-state index in [1.54, 1.807) is 13.3 Å². The van der Waals surface area contributed by atoms with Gasteiger partial charge in [-0.15, -0.1) is 0 Å². The Morgan fingerprint density at radius 1 is 0.880 bits per heavy atom. The lowest BCUT2D eigenvalue weighted by Gasteiger charge is -2.35. The summed E-state index contributed by atoms with van der Waals surface area (Å²) in [4.78, 5) is 28.3. The summed E-state index contributed by atoms with van der Waals surface area (Å²) in [6.07, 6.45) is 6.72. The molecule has 0 fully saturated rings. The van der Waals surface area contributed by atoms with Crippen LogP contribution in [0.1, 0.15) is 56.1 Å². The average Bonchev–Trinajstić information content (AvgIpc) is 3.93. The van der Waals surface area contributed by atoms with Gasteiger partial charge in [0.25, 0.3) is 0 Å². The van der Waals surface area contributed by atoms with E-state index in [0.717, 1.165) is 33.9 Å². The molecule has 0 aliphatic carbocycles. The van der Waals surface area contributed by atoms with Crippen molar-refractivity contribution >= 4 is 12.0 Å². The van der Waals surface area contributed by atoms with E-state index < -0.39 is 5.54 Å². The van der Waals surface area contributed by atoms with Crippen LogP contribution in [0.2, 0.25) is 0 Å². The van der Waals surface area contributed by atoms with Gasteiger partial charge in [0, 0.05) is 48.8 Å². The maximum atomic E-state index is 13.9.